The number of aliphatic hydroxyl groups excluding tert-OH is 1. The van der Waals surface area contributed by atoms with Crippen molar-refractivity contribution >= 4 is 29.2 Å². The molecule has 9 heteroatoms. The van der Waals surface area contributed by atoms with Crippen molar-refractivity contribution in [1.82, 2.24) is 20.6 Å². The second-order valence-corrected chi connectivity index (χ2v) is 7.86. The van der Waals surface area contributed by atoms with Crippen LogP contribution in [-0.2, 0) is 6.54 Å². The predicted molar refractivity (Wildman–Crippen MR) is 118 cm³/mol. The number of nitrogens with one attached hydrogen (secondary N) is 3. The third-order valence-corrected chi connectivity index (χ3v) is 5.72. The van der Waals surface area contributed by atoms with E-state index in [1.807, 2.05) is 0 Å². The zero-order valence-electron chi connectivity index (χ0n) is 16.4. The van der Waals surface area contributed by atoms with Crippen LogP contribution in [0.2, 0.25) is 0 Å². The molecule has 31 heavy (non-hydrogen) atoms. The molecule has 0 aliphatic carbocycles. The van der Waals surface area contributed by atoms with Crippen LogP contribution in [0.4, 0.5) is 11.5 Å². The molecule has 0 saturated heterocycles. The molecule has 158 valence electrons. The molecule has 1 aliphatic rings. The number of nitrogens with zero attached hydrogens (tertiary/aromatic N) is 2. The van der Waals surface area contributed by atoms with Gasteiger partial charge in [0.25, 0.3) is 0 Å². The molecule has 8 nitrogen and oxygen atoms in total. The molecule has 3 aromatic rings. The van der Waals surface area contributed by atoms with E-state index in [1.54, 1.807) is 48.7 Å². The number of anilines is 2. The fraction of sp³-hybridized carbons (Fsp3) is 0.136. The number of carboxylic acid groups (broad SMARTS) is 1. The molecule has 1 aliphatic heterocycles. The minimum absolute atomic E-state index is 0.195. The van der Waals surface area contributed by atoms with E-state index in [2.05, 4.69) is 44.1 Å². The van der Waals surface area contributed by atoms with Gasteiger partial charge in [0, 0.05) is 42.8 Å². The number of fused-ring (bicyclic) bond motifs is 2. The molecule has 2 aromatic carbocycles. The van der Waals surface area contributed by atoms with Gasteiger partial charge in [-0.1, -0.05) is 30.0 Å². The van der Waals surface area contributed by atoms with E-state index < -0.39 is 12.1 Å². The van der Waals surface area contributed by atoms with Crippen LogP contribution in [0.3, 0.4) is 0 Å². The third-order valence-electron chi connectivity index (χ3n) is 4.65. The summed E-state index contributed by atoms with van der Waals surface area (Å²) in [6.45, 7) is 0.954. The van der Waals surface area contributed by atoms with Crippen molar-refractivity contribution in [2.24, 2.45) is 0 Å². The summed E-state index contributed by atoms with van der Waals surface area (Å²) in [6, 6.07) is 12.4. The number of aromatic carboxylic acids is 1. The summed E-state index contributed by atoms with van der Waals surface area (Å²) < 4.78 is 0. The molecule has 0 amide bonds. The first-order valence-corrected chi connectivity index (χ1v) is 10.4. The van der Waals surface area contributed by atoms with Gasteiger partial charge in [0.15, 0.2) is 5.82 Å². The summed E-state index contributed by atoms with van der Waals surface area (Å²) in [7, 11) is 0. The standard InChI is InChI=1S/C22H21N5O3S/c28-18(15-2-4-16(5-3-15)22(29)30)13-24-8-7-23-12-14-1-6-19-17(11-14)27-20-21(31-19)26-10-9-25-20/h1-11,18,23-24,28H,12-13H2,(H,25,27)(H,29,30)/b8-7-. The number of hydrogen-bond acceptors (Lipinski definition) is 8. The van der Waals surface area contributed by atoms with Crippen LogP contribution in [0.1, 0.15) is 27.6 Å². The van der Waals surface area contributed by atoms with Crippen molar-refractivity contribution in [2.75, 3.05) is 11.9 Å². The van der Waals surface area contributed by atoms with Gasteiger partial charge in [-0.2, -0.15) is 0 Å². The lowest BCUT2D eigenvalue weighted by Gasteiger charge is -2.19. The molecule has 1 aromatic heterocycles. The van der Waals surface area contributed by atoms with Gasteiger partial charge in [-0.3, -0.25) is 0 Å². The molecule has 0 fully saturated rings. The van der Waals surface area contributed by atoms with E-state index in [0.717, 1.165) is 27.0 Å². The molecule has 0 spiro atoms. The maximum absolute atomic E-state index is 10.9. The van der Waals surface area contributed by atoms with Crippen molar-refractivity contribution in [3.05, 3.63) is 83.9 Å². The first kappa shape index (κ1) is 20.7. The van der Waals surface area contributed by atoms with E-state index in [1.165, 1.54) is 12.1 Å². The van der Waals surface area contributed by atoms with Crippen LogP contribution in [0.25, 0.3) is 0 Å². The molecular weight excluding hydrogens is 414 g/mol. The monoisotopic (exact) mass is 435 g/mol. The summed E-state index contributed by atoms with van der Waals surface area (Å²) in [5.41, 5.74) is 2.98. The van der Waals surface area contributed by atoms with Crippen molar-refractivity contribution < 1.29 is 15.0 Å². The van der Waals surface area contributed by atoms with Crippen LogP contribution >= 0.6 is 11.8 Å². The Morgan fingerprint density at radius 2 is 1.87 bits per heavy atom. The zero-order valence-corrected chi connectivity index (χ0v) is 17.3. The van der Waals surface area contributed by atoms with Crippen LogP contribution in [-0.4, -0.2) is 32.7 Å². The fourth-order valence-electron chi connectivity index (χ4n) is 3.03. The number of aromatic nitrogens is 2. The highest BCUT2D eigenvalue weighted by Gasteiger charge is 2.17. The van der Waals surface area contributed by atoms with Crippen LogP contribution in [0.5, 0.6) is 0 Å². The molecule has 1 unspecified atom stereocenters. The molecule has 0 radical (unpaired) electrons. The highest BCUT2D eigenvalue weighted by molar-refractivity contribution is 7.99. The third kappa shape index (κ3) is 5.14. The average Bonchev–Trinajstić information content (AvgIpc) is 2.79. The molecule has 5 N–H and O–H groups in total. The highest BCUT2D eigenvalue weighted by atomic mass is 32.2. The normalized spacial score (nSPS) is 13.1. The van der Waals surface area contributed by atoms with E-state index in [4.69, 9.17) is 5.11 Å². The van der Waals surface area contributed by atoms with Gasteiger partial charge in [0.05, 0.1) is 17.4 Å². The van der Waals surface area contributed by atoms with Crippen LogP contribution in [0, 0.1) is 0 Å². The zero-order chi connectivity index (χ0) is 21.6. The van der Waals surface area contributed by atoms with Gasteiger partial charge >= 0.3 is 5.97 Å². The Bertz CT molecular complexity index is 1100. The van der Waals surface area contributed by atoms with Crippen LogP contribution < -0.4 is 16.0 Å². The van der Waals surface area contributed by atoms with Crippen molar-refractivity contribution in [3.63, 3.8) is 0 Å². The van der Waals surface area contributed by atoms with Crippen molar-refractivity contribution in [3.8, 4) is 0 Å². The Hall–Kier alpha value is -3.56. The summed E-state index contributed by atoms with van der Waals surface area (Å²) in [6.07, 6.45) is 6.13. The van der Waals surface area contributed by atoms with Gasteiger partial charge in [-0.25, -0.2) is 14.8 Å². The van der Waals surface area contributed by atoms with E-state index in [0.29, 0.717) is 18.7 Å². The van der Waals surface area contributed by atoms with Crippen molar-refractivity contribution in [2.45, 2.75) is 22.6 Å². The van der Waals surface area contributed by atoms with Gasteiger partial charge in [0.1, 0.15) is 5.03 Å². The number of hydrogen-bond donors (Lipinski definition) is 5. The number of carbonyl (C=O) groups is 1. The molecule has 0 bridgehead atoms. The Morgan fingerprint density at radius 1 is 1.10 bits per heavy atom. The first-order valence-electron chi connectivity index (χ1n) is 9.62. The van der Waals surface area contributed by atoms with E-state index in [9.17, 15) is 9.90 Å². The minimum Gasteiger partial charge on any atom is -0.478 e. The summed E-state index contributed by atoms with van der Waals surface area (Å²) in [5.74, 6) is -0.217. The van der Waals surface area contributed by atoms with Gasteiger partial charge in [0.2, 0.25) is 0 Å². The van der Waals surface area contributed by atoms with Crippen molar-refractivity contribution in [1.29, 1.82) is 0 Å². The average molecular weight is 436 g/mol. The van der Waals surface area contributed by atoms with Gasteiger partial charge < -0.3 is 26.2 Å². The largest absolute Gasteiger partial charge is 0.478 e. The van der Waals surface area contributed by atoms with Gasteiger partial charge in [-0.05, 0) is 35.4 Å². The summed E-state index contributed by atoms with van der Waals surface area (Å²) >= 11 is 1.60. The Balaban J connectivity index is 1.23. The minimum atomic E-state index is -0.986. The van der Waals surface area contributed by atoms with E-state index in [-0.39, 0.29) is 5.56 Å². The summed E-state index contributed by atoms with van der Waals surface area (Å²) in [4.78, 5) is 20.6. The van der Waals surface area contributed by atoms with E-state index >= 15 is 0 Å². The lowest BCUT2D eigenvalue weighted by atomic mass is 10.1. The number of rotatable bonds is 8. The molecule has 0 saturated carbocycles. The lowest BCUT2D eigenvalue weighted by molar-refractivity contribution is 0.0696. The number of aliphatic hydroxyl groups is 1. The second kappa shape index (κ2) is 9.50. The summed E-state index contributed by atoms with van der Waals surface area (Å²) in [5, 5.41) is 29.5. The lowest BCUT2D eigenvalue weighted by Crippen LogP contribution is -2.17. The number of carboxylic acids is 1. The Labute approximate surface area is 183 Å². The Kier molecular flexibility index (Phi) is 6.34. The van der Waals surface area contributed by atoms with Gasteiger partial charge in [-0.15, -0.1) is 0 Å². The molecule has 4 rings (SSSR count). The SMILES string of the molecule is O=C(O)c1ccc(C(O)CN/C=C\NCc2ccc3c(c2)Nc2nccnc2S3)cc1. The Morgan fingerprint density at radius 3 is 2.68 bits per heavy atom. The predicted octanol–water partition coefficient (Wildman–Crippen LogP) is 3.27. The number of benzene rings is 2. The maximum atomic E-state index is 10.9. The topological polar surface area (TPSA) is 119 Å². The quantitative estimate of drug-likeness (QED) is 0.284. The maximum Gasteiger partial charge on any atom is 0.335 e. The molecule has 1 atom stereocenters. The first-order chi connectivity index (χ1) is 15.1. The highest BCUT2D eigenvalue weighted by Crippen LogP contribution is 2.41. The molecule has 2 heterocycles. The van der Waals surface area contributed by atoms with Crippen LogP contribution in [0.15, 0.2) is 77.2 Å². The smallest absolute Gasteiger partial charge is 0.335 e. The fourth-order valence-corrected chi connectivity index (χ4v) is 3.91. The second-order valence-electron chi connectivity index (χ2n) is 6.83. The molecular formula is C22H21N5O3S.